The highest BCUT2D eigenvalue weighted by Gasteiger charge is 1.85. The zero-order valence-electron chi connectivity index (χ0n) is 11.3. The molecule has 0 saturated heterocycles. The van der Waals surface area contributed by atoms with Gasteiger partial charge in [0, 0.05) is 12.2 Å². The number of esters is 2. The second kappa shape index (κ2) is 14.9. The molecule has 0 heterocycles. The van der Waals surface area contributed by atoms with Crippen LogP contribution in [0.15, 0.2) is 48.6 Å². The van der Waals surface area contributed by atoms with Crippen molar-refractivity contribution in [1.29, 1.82) is 0 Å². The lowest BCUT2D eigenvalue weighted by atomic mass is 10.4. The van der Waals surface area contributed by atoms with Gasteiger partial charge < -0.3 is 9.47 Å². The summed E-state index contributed by atoms with van der Waals surface area (Å²) in [6.45, 7) is 3.75. The second-order valence-corrected chi connectivity index (χ2v) is 2.82. The molecule has 0 rings (SSSR count). The van der Waals surface area contributed by atoms with Gasteiger partial charge in [0.15, 0.2) is 0 Å². The van der Waals surface area contributed by atoms with Crippen LogP contribution in [-0.2, 0) is 19.1 Å². The minimum atomic E-state index is -0.326. The van der Waals surface area contributed by atoms with Gasteiger partial charge in [-0.2, -0.15) is 0 Å². The quantitative estimate of drug-likeness (QED) is 0.438. The van der Waals surface area contributed by atoms with Crippen LogP contribution in [-0.4, -0.2) is 26.2 Å². The standard InChI is InChI=1S/2C7H10O2/c2*1-3-4-5-6-7(8)9-2/h2*3-6H,1-2H3/b2*4-3+,6-5+. The third kappa shape index (κ3) is 16.3. The lowest BCUT2D eigenvalue weighted by molar-refractivity contribution is -0.135. The van der Waals surface area contributed by atoms with Gasteiger partial charge in [0.05, 0.1) is 14.2 Å². The Morgan fingerprint density at radius 2 is 1.06 bits per heavy atom. The van der Waals surface area contributed by atoms with Crippen LogP contribution in [0.5, 0.6) is 0 Å². The molecule has 4 heteroatoms. The molecule has 0 aromatic rings. The summed E-state index contributed by atoms with van der Waals surface area (Å²) in [6.07, 6.45) is 13.2. The number of allylic oxidation sites excluding steroid dienone is 6. The van der Waals surface area contributed by atoms with Crippen molar-refractivity contribution >= 4 is 11.9 Å². The molecule has 0 aromatic heterocycles. The van der Waals surface area contributed by atoms with Crippen molar-refractivity contribution < 1.29 is 19.1 Å². The Balaban J connectivity index is 0. The van der Waals surface area contributed by atoms with Gasteiger partial charge in [-0.1, -0.05) is 36.5 Å². The summed E-state index contributed by atoms with van der Waals surface area (Å²) in [5.74, 6) is -0.652. The Labute approximate surface area is 108 Å². The summed E-state index contributed by atoms with van der Waals surface area (Å²) < 4.78 is 8.67. The van der Waals surface area contributed by atoms with E-state index >= 15 is 0 Å². The fourth-order valence-electron chi connectivity index (χ4n) is 0.627. The number of hydrogen-bond donors (Lipinski definition) is 0. The van der Waals surface area contributed by atoms with E-state index in [0.29, 0.717) is 0 Å². The zero-order chi connectivity index (χ0) is 14.2. The molecule has 0 spiro atoms. The average molecular weight is 252 g/mol. The van der Waals surface area contributed by atoms with E-state index in [1.807, 2.05) is 26.0 Å². The van der Waals surface area contributed by atoms with Gasteiger partial charge in [-0.3, -0.25) is 0 Å². The molecule has 100 valence electrons. The third-order valence-corrected chi connectivity index (χ3v) is 1.47. The number of hydrogen-bond acceptors (Lipinski definition) is 4. The summed E-state index contributed by atoms with van der Waals surface area (Å²) in [6, 6.07) is 0. The maximum absolute atomic E-state index is 10.3. The number of methoxy groups -OCH3 is 2. The summed E-state index contributed by atoms with van der Waals surface area (Å²) >= 11 is 0. The third-order valence-electron chi connectivity index (χ3n) is 1.47. The first-order valence-electron chi connectivity index (χ1n) is 5.37. The second-order valence-electron chi connectivity index (χ2n) is 2.82. The van der Waals surface area contributed by atoms with E-state index in [-0.39, 0.29) is 11.9 Å². The Kier molecular flexibility index (Phi) is 15.1. The lowest BCUT2D eigenvalue weighted by Gasteiger charge is -1.85. The van der Waals surface area contributed by atoms with Crippen LogP contribution in [0.3, 0.4) is 0 Å². The Morgan fingerprint density at radius 3 is 1.28 bits per heavy atom. The molecule has 0 atom stereocenters. The van der Waals surface area contributed by atoms with E-state index < -0.39 is 0 Å². The highest BCUT2D eigenvalue weighted by molar-refractivity contribution is 5.82. The van der Waals surface area contributed by atoms with Crippen LogP contribution >= 0.6 is 0 Å². The summed E-state index contributed by atoms with van der Waals surface area (Å²) in [7, 11) is 2.70. The molecule has 0 bridgehead atoms. The molecule has 0 aliphatic carbocycles. The molecule has 0 aliphatic rings. The molecule has 4 nitrogen and oxygen atoms in total. The minimum Gasteiger partial charge on any atom is -0.466 e. The molecule has 18 heavy (non-hydrogen) atoms. The van der Waals surface area contributed by atoms with Crippen LogP contribution in [0.4, 0.5) is 0 Å². The first-order chi connectivity index (χ1) is 8.62. The molecule has 0 unspecified atom stereocenters. The molecule has 0 aliphatic heterocycles. The molecule has 0 aromatic carbocycles. The van der Waals surface area contributed by atoms with Gasteiger partial charge in [0.2, 0.25) is 0 Å². The summed E-state index contributed by atoms with van der Waals surface area (Å²) in [5, 5.41) is 0. The van der Waals surface area contributed by atoms with E-state index in [1.165, 1.54) is 26.4 Å². The Hall–Kier alpha value is -2.10. The summed E-state index contributed by atoms with van der Waals surface area (Å²) in [4.78, 5) is 20.7. The van der Waals surface area contributed by atoms with Crippen molar-refractivity contribution in [3.8, 4) is 0 Å². The van der Waals surface area contributed by atoms with Gasteiger partial charge in [-0.05, 0) is 13.8 Å². The van der Waals surface area contributed by atoms with E-state index in [4.69, 9.17) is 0 Å². The topological polar surface area (TPSA) is 52.6 Å². The van der Waals surface area contributed by atoms with Gasteiger partial charge in [0.25, 0.3) is 0 Å². The van der Waals surface area contributed by atoms with Crippen LogP contribution < -0.4 is 0 Å². The highest BCUT2D eigenvalue weighted by atomic mass is 16.5. The SMILES string of the molecule is C/C=C/C=C/C(=O)OC.C/C=C/C=C/C(=O)OC. The van der Waals surface area contributed by atoms with Crippen molar-refractivity contribution in [2.24, 2.45) is 0 Å². The Morgan fingerprint density at radius 1 is 0.722 bits per heavy atom. The molecule has 0 amide bonds. The minimum absolute atomic E-state index is 0.326. The van der Waals surface area contributed by atoms with Crippen molar-refractivity contribution in [2.75, 3.05) is 14.2 Å². The highest BCUT2D eigenvalue weighted by Crippen LogP contribution is 1.79. The monoisotopic (exact) mass is 252 g/mol. The van der Waals surface area contributed by atoms with E-state index in [9.17, 15) is 9.59 Å². The molecular formula is C14H20O4. The van der Waals surface area contributed by atoms with Crippen molar-refractivity contribution in [2.45, 2.75) is 13.8 Å². The first-order valence-corrected chi connectivity index (χ1v) is 5.37. The van der Waals surface area contributed by atoms with E-state index in [0.717, 1.165) is 0 Å². The smallest absolute Gasteiger partial charge is 0.330 e. The fraction of sp³-hybridized carbons (Fsp3) is 0.286. The van der Waals surface area contributed by atoms with Crippen molar-refractivity contribution in [3.63, 3.8) is 0 Å². The normalized spacial score (nSPS) is 10.9. The molecule has 0 saturated carbocycles. The number of carbonyl (C=O) groups is 2. The van der Waals surface area contributed by atoms with Crippen LogP contribution in [0.2, 0.25) is 0 Å². The number of carbonyl (C=O) groups excluding carboxylic acids is 2. The van der Waals surface area contributed by atoms with Gasteiger partial charge in [0.1, 0.15) is 0 Å². The summed E-state index contributed by atoms with van der Waals surface area (Å²) in [5.41, 5.74) is 0. The largest absolute Gasteiger partial charge is 0.466 e. The molecule has 0 N–H and O–H groups in total. The van der Waals surface area contributed by atoms with Crippen molar-refractivity contribution in [1.82, 2.24) is 0 Å². The van der Waals surface area contributed by atoms with Crippen LogP contribution in [0.25, 0.3) is 0 Å². The lowest BCUT2D eigenvalue weighted by Crippen LogP contribution is -1.92. The maximum atomic E-state index is 10.3. The van der Waals surface area contributed by atoms with Crippen molar-refractivity contribution in [3.05, 3.63) is 48.6 Å². The number of rotatable bonds is 4. The predicted octanol–water partition coefficient (Wildman–Crippen LogP) is 2.58. The van der Waals surface area contributed by atoms with Gasteiger partial charge >= 0.3 is 11.9 Å². The maximum Gasteiger partial charge on any atom is 0.330 e. The van der Waals surface area contributed by atoms with E-state index in [2.05, 4.69) is 9.47 Å². The molecular weight excluding hydrogens is 232 g/mol. The van der Waals surface area contributed by atoms with E-state index in [1.54, 1.807) is 24.3 Å². The predicted molar refractivity (Wildman–Crippen MR) is 71.9 cm³/mol. The fourth-order valence-corrected chi connectivity index (χ4v) is 0.627. The molecule has 0 radical (unpaired) electrons. The Bertz CT molecular complexity index is 302. The first kappa shape index (κ1) is 18.3. The van der Waals surface area contributed by atoms with Crippen LogP contribution in [0.1, 0.15) is 13.8 Å². The number of ether oxygens (including phenoxy) is 2. The zero-order valence-corrected chi connectivity index (χ0v) is 11.3. The van der Waals surface area contributed by atoms with Gasteiger partial charge in [-0.25, -0.2) is 9.59 Å². The van der Waals surface area contributed by atoms with Gasteiger partial charge in [-0.15, -0.1) is 0 Å². The van der Waals surface area contributed by atoms with Crippen LogP contribution in [0, 0.1) is 0 Å². The molecule has 0 fully saturated rings. The average Bonchev–Trinajstić information content (AvgIpc) is 2.39.